The summed E-state index contributed by atoms with van der Waals surface area (Å²) in [5, 5.41) is 0. The third-order valence-corrected chi connectivity index (χ3v) is 12.1. The molecule has 1 saturated heterocycles. The third kappa shape index (κ3) is 10.4. The standard InChI is InChI=1S/C26H47Br2N3O4SSi/c1-25(2,3)36(32)30-21(10-8-7-9-13-26(18-20-11-12-20)34-14-15-35-26)24-29-22(27)23(28)31(24)19-33-16-17-37(4,5)6/h20-21,30H,7-19H2,1-6H3/t21-,36+/m0/s1. The van der Waals surface area contributed by atoms with Crippen LogP contribution < -0.4 is 4.72 Å². The molecule has 2 heterocycles. The monoisotopic (exact) mass is 683 g/mol. The molecular weight excluding hydrogens is 638 g/mol. The minimum absolute atomic E-state index is 0.150. The lowest BCUT2D eigenvalue weighted by atomic mass is 10.00. The van der Waals surface area contributed by atoms with Gasteiger partial charge in [-0.05, 0) is 90.3 Å². The molecule has 214 valence electrons. The van der Waals surface area contributed by atoms with Gasteiger partial charge in [-0.25, -0.2) is 13.9 Å². The first-order valence-corrected chi connectivity index (χ1v) is 20.2. The van der Waals surface area contributed by atoms with Crippen LogP contribution in [0.2, 0.25) is 25.7 Å². The summed E-state index contributed by atoms with van der Waals surface area (Å²) in [6.07, 6.45) is 8.57. The molecule has 1 aliphatic heterocycles. The van der Waals surface area contributed by atoms with Gasteiger partial charge >= 0.3 is 0 Å². The Balaban J connectivity index is 1.62. The average molecular weight is 686 g/mol. The van der Waals surface area contributed by atoms with Crippen LogP contribution in [0.5, 0.6) is 0 Å². The Morgan fingerprint density at radius 3 is 2.46 bits per heavy atom. The van der Waals surface area contributed by atoms with E-state index in [0.717, 1.165) is 72.1 Å². The van der Waals surface area contributed by atoms with Crippen molar-refractivity contribution in [2.45, 2.75) is 121 Å². The number of hydrogen-bond acceptors (Lipinski definition) is 5. The van der Waals surface area contributed by atoms with Crippen LogP contribution in [0.3, 0.4) is 0 Å². The molecule has 1 aromatic rings. The quantitative estimate of drug-likeness (QED) is 0.146. The molecule has 7 nitrogen and oxygen atoms in total. The summed E-state index contributed by atoms with van der Waals surface area (Å²) in [6, 6.07) is 0.962. The van der Waals surface area contributed by atoms with Crippen LogP contribution in [0.4, 0.5) is 0 Å². The lowest BCUT2D eigenvalue weighted by molar-refractivity contribution is -0.170. The molecule has 0 aromatic carbocycles. The lowest BCUT2D eigenvalue weighted by Gasteiger charge is -2.28. The molecule has 37 heavy (non-hydrogen) atoms. The van der Waals surface area contributed by atoms with Crippen molar-refractivity contribution in [1.29, 1.82) is 0 Å². The van der Waals surface area contributed by atoms with Gasteiger partial charge in [-0.3, -0.25) is 4.57 Å². The smallest absolute Gasteiger partial charge is 0.168 e. The van der Waals surface area contributed by atoms with E-state index in [0.29, 0.717) is 19.9 Å². The SMILES string of the molecule is CC(C)(C)[S@@](=O)N[C@@H](CCCCCC1(CC2CC2)OCCO1)c1nc(Br)c(Br)n1COCC[Si](C)(C)C. The zero-order valence-corrected chi connectivity index (χ0v) is 28.5. The van der Waals surface area contributed by atoms with Crippen molar-refractivity contribution >= 4 is 50.9 Å². The Labute approximate surface area is 244 Å². The largest absolute Gasteiger partial charge is 0.361 e. The van der Waals surface area contributed by atoms with Crippen molar-refractivity contribution in [3.05, 3.63) is 15.0 Å². The fraction of sp³-hybridized carbons (Fsp3) is 0.885. The van der Waals surface area contributed by atoms with Crippen LogP contribution in [0.15, 0.2) is 9.21 Å². The summed E-state index contributed by atoms with van der Waals surface area (Å²) in [5.41, 5.74) is 0. The van der Waals surface area contributed by atoms with Gasteiger partial charge in [0, 0.05) is 27.5 Å². The lowest BCUT2D eigenvalue weighted by Crippen LogP contribution is -2.37. The van der Waals surface area contributed by atoms with E-state index in [9.17, 15) is 4.21 Å². The predicted molar refractivity (Wildman–Crippen MR) is 161 cm³/mol. The second-order valence-electron chi connectivity index (χ2n) is 12.7. The van der Waals surface area contributed by atoms with E-state index in [1.165, 1.54) is 12.8 Å². The maximum absolute atomic E-state index is 13.1. The van der Waals surface area contributed by atoms with Crippen LogP contribution in [0.25, 0.3) is 0 Å². The number of aromatic nitrogens is 2. The van der Waals surface area contributed by atoms with E-state index in [4.69, 9.17) is 19.2 Å². The van der Waals surface area contributed by atoms with E-state index >= 15 is 0 Å². The maximum Gasteiger partial charge on any atom is 0.168 e. The summed E-state index contributed by atoms with van der Waals surface area (Å²) in [4.78, 5) is 4.81. The topological polar surface area (TPSA) is 74.6 Å². The van der Waals surface area contributed by atoms with Gasteiger partial charge < -0.3 is 14.2 Å². The van der Waals surface area contributed by atoms with Gasteiger partial charge in [-0.15, -0.1) is 0 Å². The van der Waals surface area contributed by atoms with Crippen LogP contribution in [0, 0.1) is 5.92 Å². The number of imidazole rings is 1. The number of ether oxygens (including phenoxy) is 3. The second-order valence-corrected chi connectivity index (χ2v) is 21.9. The molecule has 2 atom stereocenters. The summed E-state index contributed by atoms with van der Waals surface area (Å²) in [5.74, 6) is 1.27. The van der Waals surface area contributed by atoms with Gasteiger partial charge in [0.05, 0.1) is 35.0 Å². The summed E-state index contributed by atoms with van der Waals surface area (Å²) in [6.45, 7) is 15.6. The number of nitrogens with zero attached hydrogens (tertiary/aromatic N) is 2. The van der Waals surface area contributed by atoms with Crippen LogP contribution >= 0.6 is 31.9 Å². The number of unbranched alkanes of at least 4 members (excludes halogenated alkanes) is 2. The highest BCUT2D eigenvalue weighted by Gasteiger charge is 2.41. The molecule has 1 aliphatic carbocycles. The molecule has 1 saturated carbocycles. The first-order valence-electron chi connectivity index (χ1n) is 13.7. The zero-order chi connectivity index (χ0) is 27.3. The number of rotatable bonds is 16. The first-order chi connectivity index (χ1) is 17.3. The highest BCUT2D eigenvalue weighted by molar-refractivity contribution is 9.13. The number of nitrogens with one attached hydrogen (secondary N) is 1. The Bertz CT molecular complexity index is 894. The van der Waals surface area contributed by atoms with E-state index < -0.39 is 19.1 Å². The van der Waals surface area contributed by atoms with Gasteiger partial charge in [0.25, 0.3) is 0 Å². The van der Waals surface area contributed by atoms with Gasteiger partial charge in [0.15, 0.2) is 5.79 Å². The molecule has 0 radical (unpaired) electrons. The van der Waals surface area contributed by atoms with E-state index in [-0.39, 0.29) is 16.6 Å². The molecule has 0 spiro atoms. The normalized spacial score (nSPS) is 19.9. The molecule has 0 unspecified atom stereocenters. The molecular formula is C26H47Br2N3O4SSi. The minimum Gasteiger partial charge on any atom is -0.361 e. The molecule has 0 bridgehead atoms. The van der Waals surface area contributed by atoms with Crippen LogP contribution in [-0.4, -0.2) is 52.2 Å². The van der Waals surface area contributed by atoms with Crippen molar-refractivity contribution in [2.75, 3.05) is 19.8 Å². The van der Waals surface area contributed by atoms with Crippen LogP contribution in [-0.2, 0) is 31.9 Å². The Morgan fingerprint density at radius 2 is 1.86 bits per heavy atom. The Morgan fingerprint density at radius 1 is 1.19 bits per heavy atom. The first kappa shape index (κ1) is 31.9. The molecule has 3 rings (SSSR count). The molecule has 11 heteroatoms. The highest BCUT2D eigenvalue weighted by Crippen LogP contribution is 2.42. The molecule has 0 amide bonds. The van der Waals surface area contributed by atoms with Gasteiger partial charge in [0.1, 0.15) is 21.8 Å². The van der Waals surface area contributed by atoms with Crippen molar-refractivity contribution in [3.8, 4) is 0 Å². The van der Waals surface area contributed by atoms with Gasteiger partial charge in [0.2, 0.25) is 0 Å². The average Bonchev–Trinajstić information content (AvgIpc) is 3.41. The zero-order valence-electron chi connectivity index (χ0n) is 23.5. The summed E-state index contributed by atoms with van der Waals surface area (Å²) < 4.78 is 38.0. The fourth-order valence-electron chi connectivity index (χ4n) is 4.43. The number of halogens is 2. The van der Waals surface area contributed by atoms with E-state index in [1.807, 2.05) is 20.8 Å². The predicted octanol–water partition coefficient (Wildman–Crippen LogP) is 7.31. The highest BCUT2D eigenvalue weighted by atomic mass is 79.9. The molecule has 2 aliphatic rings. The van der Waals surface area contributed by atoms with Crippen molar-refractivity contribution in [3.63, 3.8) is 0 Å². The summed E-state index contributed by atoms with van der Waals surface area (Å²) in [7, 11) is -2.39. The van der Waals surface area contributed by atoms with Gasteiger partial charge in [-0.2, -0.15) is 0 Å². The Hall–Kier alpha value is 0.377. The van der Waals surface area contributed by atoms with Crippen molar-refractivity contribution in [2.24, 2.45) is 5.92 Å². The molecule has 2 fully saturated rings. The third-order valence-electron chi connectivity index (χ3n) is 6.89. The molecule has 1 aromatic heterocycles. The maximum atomic E-state index is 13.1. The fourth-order valence-corrected chi connectivity index (χ4v) is 6.79. The van der Waals surface area contributed by atoms with E-state index in [1.54, 1.807) is 0 Å². The second kappa shape index (κ2) is 13.8. The van der Waals surface area contributed by atoms with Crippen molar-refractivity contribution in [1.82, 2.24) is 14.3 Å². The minimum atomic E-state index is -1.22. The summed E-state index contributed by atoms with van der Waals surface area (Å²) >= 11 is 7.26. The van der Waals surface area contributed by atoms with Crippen LogP contribution in [0.1, 0.15) is 84.0 Å². The van der Waals surface area contributed by atoms with Gasteiger partial charge in [-0.1, -0.05) is 32.5 Å². The number of hydrogen-bond donors (Lipinski definition) is 1. The van der Waals surface area contributed by atoms with E-state index in [2.05, 4.69) is 60.8 Å². The molecule has 1 N–H and O–H groups in total. The van der Waals surface area contributed by atoms with Crippen molar-refractivity contribution < 1.29 is 18.4 Å². The Kier molecular flexibility index (Phi) is 11.9.